The van der Waals surface area contributed by atoms with Crippen LogP contribution in [0, 0.1) is 11.3 Å². The molecule has 608 valence electrons. The average molecular weight is 1660 g/mol. The van der Waals surface area contributed by atoms with E-state index in [4.69, 9.17) is 65.9 Å². The molecule has 0 fully saturated rings. The van der Waals surface area contributed by atoms with Crippen LogP contribution < -0.4 is 43.7 Å². The molecular formula is C79H98Cl5N21O9. The average Bonchev–Trinajstić information content (AvgIpc) is 1.64. The molecule has 0 saturated carbocycles. The number of hydrogen-bond donors (Lipinski definition) is 8. The molecular weight excluding hydrogens is 1560 g/mol. The zero-order valence-corrected chi connectivity index (χ0v) is 66.2. The van der Waals surface area contributed by atoms with Crippen LogP contribution in [0.1, 0.15) is 135 Å². The summed E-state index contributed by atoms with van der Waals surface area (Å²) in [5.41, 5.74) is 26.0. The SMILES string of the molecule is C.Cl.Cl.N#CCCCOC(=O)N1Cc2cnc(NC3Cc4ccccc4C3)nc2C1.NN/N=C(\N)CCCOC(=O)N1Cc2cnc(NC3Cc4ccccc4C3)nc2C1.O.O=C(Cl)OCCCCl.O=C(OCCCCl)N1Cc2cnc(NC3Cc4ccccc4C3)nc2C1.c1ccc2c(c1)CC(Nc1ncc3c(n1)CNC3)C2. The van der Waals surface area contributed by atoms with Crippen molar-refractivity contribution in [1.82, 2.24) is 65.4 Å². The van der Waals surface area contributed by atoms with E-state index in [1.54, 1.807) is 33.3 Å². The summed E-state index contributed by atoms with van der Waals surface area (Å²) >= 11 is 15.7. The van der Waals surface area contributed by atoms with Crippen molar-refractivity contribution in [1.29, 1.82) is 5.26 Å². The van der Waals surface area contributed by atoms with Gasteiger partial charge in [0.1, 0.15) is 5.84 Å². The van der Waals surface area contributed by atoms with Crippen molar-refractivity contribution in [3.8, 4) is 6.07 Å². The lowest BCUT2D eigenvalue weighted by molar-refractivity contribution is 0.100. The number of amides is 3. The fourth-order valence-electron chi connectivity index (χ4n) is 14.1. The van der Waals surface area contributed by atoms with Crippen LogP contribution in [0.4, 0.5) is 43.0 Å². The Hall–Kier alpha value is -10.2. The first-order valence-corrected chi connectivity index (χ1v) is 38.4. The highest BCUT2D eigenvalue weighted by molar-refractivity contribution is 6.61. The molecule has 8 heterocycles. The minimum atomic E-state index is -0.768. The summed E-state index contributed by atoms with van der Waals surface area (Å²) in [5.74, 6) is 8.99. The zero-order chi connectivity index (χ0) is 76.6. The van der Waals surface area contributed by atoms with Gasteiger partial charge in [0.25, 0.3) is 0 Å². The quantitative estimate of drug-likeness (QED) is 0.00456. The van der Waals surface area contributed by atoms with Gasteiger partial charge in [-0.05, 0) is 122 Å². The van der Waals surface area contributed by atoms with E-state index in [9.17, 15) is 19.2 Å². The third-order valence-electron chi connectivity index (χ3n) is 19.5. The van der Waals surface area contributed by atoms with Gasteiger partial charge in [-0.25, -0.2) is 70.4 Å². The molecule has 12 N–H and O–H groups in total. The van der Waals surface area contributed by atoms with E-state index in [0.717, 1.165) is 110 Å². The predicted molar refractivity (Wildman–Crippen MR) is 441 cm³/mol. The fraction of sp³-hybridized carbons (Fsp3) is 0.418. The summed E-state index contributed by atoms with van der Waals surface area (Å²) in [5, 5.41) is 29.2. The number of hydrogen-bond acceptors (Lipinski definition) is 25. The lowest BCUT2D eigenvalue weighted by atomic mass is 10.1. The van der Waals surface area contributed by atoms with E-state index in [1.165, 1.54) is 50.1 Å². The smallest absolute Gasteiger partial charge is 0.410 e. The van der Waals surface area contributed by atoms with Gasteiger partial charge in [-0.3, -0.25) is 14.7 Å². The Kier molecular flexibility index (Phi) is 35.3. The maximum Gasteiger partial charge on any atom is 0.410 e. The van der Waals surface area contributed by atoms with Gasteiger partial charge in [0, 0.05) is 121 Å². The number of hydrazone groups is 1. The molecule has 35 heteroatoms. The molecule has 4 aromatic heterocycles. The molecule has 30 nitrogen and oxygen atoms in total. The second-order valence-electron chi connectivity index (χ2n) is 27.5. The number of anilines is 4. The molecule has 4 aliphatic heterocycles. The van der Waals surface area contributed by atoms with Crippen LogP contribution in [0.5, 0.6) is 0 Å². The van der Waals surface area contributed by atoms with E-state index < -0.39 is 5.43 Å². The van der Waals surface area contributed by atoms with E-state index in [1.807, 2.05) is 12.3 Å². The Morgan fingerprint density at radius 1 is 0.465 bits per heavy atom. The third kappa shape index (κ3) is 25.4. The van der Waals surface area contributed by atoms with E-state index in [2.05, 4.69) is 179 Å². The maximum absolute atomic E-state index is 12.3. The number of hydrazine groups is 1. The van der Waals surface area contributed by atoms with Gasteiger partial charge < -0.3 is 56.7 Å². The standard InChI is InChI=1S/C20H26N8O2.C20H21N5O2.C19H21ClN4O2.C15H16N4.C4H6Cl2O2.CH4.2ClH.H2O/c21-18(26-27-22)6-3-7-30-20(29)28-11-15-10-23-19(25-17(15)12-28)24-16-8-13-4-1-2-5-14(13)9-16;21-7-3-4-8-27-20(26)25-12-16-11-22-19(24-18(16)13-25)23-17-9-14-5-1-2-6-15(14)10-17;20-6-3-7-26-19(25)24-11-15-10-21-18(23-17(15)12-24)22-16-8-13-4-1-2-5-14(13)9-16;1-2-4-11-6-13(5-10(11)3-1)18-15-17-8-12-7-16-9-14(12)19-15;5-2-1-3-8-4(6)7;;;;/h1-2,4-5,10,16,27H,3,6-9,11-12,22H2,(H2,21,26)(H,23,24,25);1-2,5-6,11,17H,3-4,8-10,12-13H2,(H,22,23,24);1-2,4-5,10,16H,3,6-9,11-12H2,(H,21,22,23);1-4,8,13,16H,5-7,9H2,(H,17,18,19);1-3H2;1H4;2*1H;1H2. The fourth-order valence-corrected chi connectivity index (χ4v) is 14.4. The number of ether oxygens (including phenoxy) is 4. The minimum absolute atomic E-state index is 0. The van der Waals surface area contributed by atoms with Crippen LogP contribution >= 0.6 is 59.6 Å². The molecule has 16 rings (SSSR count). The van der Waals surface area contributed by atoms with Crippen molar-refractivity contribution >= 4 is 113 Å². The van der Waals surface area contributed by atoms with Gasteiger partial charge in [-0.1, -0.05) is 104 Å². The summed E-state index contributed by atoms with van der Waals surface area (Å²) in [7, 11) is 0. The Bertz CT molecular complexity index is 4490. The summed E-state index contributed by atoms with van der Waals surface area (Å²) < 4.78 is 20.1. The highest BCUT2D eigenvalue weighted by Crippen LogP contribution is 2.31. The van der Waals surface area contributed by atoms with E-state index in [-0.39, 0.29) is 75.3 Å². The Balaban J connectivity index is 0.000000183. The second-order valence-corrected chi connectivity index (χ2v) is 28.6. The first kappa shape index (κ1) is 89.3. The monoisotopic (exact) mass is 1660 g/mol. The van der Waals surface area contributed by atoms with Crippen molar-refractivity contribution in [3.63, 3.8) is 0 Å². The number of fused-ring (bicyclic) bond motifs is 8. The van der Waals surface area contributed by atoms with Gasteiger partial charge in [-0.15, -0.1) is 48.0 Å². The van der Waals surface area contributed by atoms with Crippen LogP contribution in [0.15, 0.2) is 127 Å². The number of alkyl halides is 2. The number of amidine groups is 1. The van der Waals surface area contributed by atoms with Gasteiger partial charge >= 0.3 is 23.7 Å². The first-order valence-electron chi connectivity index (χ1n) is 37.0. The molecule has 4 aromatic carbocycles. The van der Waals surface area contributed by atoms with Crippen molar-refractivity contribution in [2.45, 2.75) is 174 Å². The number of nitrogens with zero attached hydrogens (tertiary/aromatic N) is 13. The Morgan fingerprint density at radius 3 is 1.09 bits per heavy atom. The van der Waals surface area contributed by atoms with Gasteiger partial charge in [0.05, 0.1) is 94.5 Å². The van der Waals surface area contributed by atoms with Crippen LogP contribution in [0.3, 0.4) is 0 Å². The molecule has 4 aliphatic carbocycles. The normalized spacial score (nSPS) is 14.8. The van der Waals surface area contributed by atoms with Crippen LogP contribution in [-0.4, -0.2) is 152 Å². The first-order chi connectivity index (χ1) is 53.7. The lowest BCUT2D eigenvalue weighted by Crippen LogP contribution is -2.27. The van der Waals surface area contributed by atoms with Crippen molar-refractivity contribution in [2.75, 3.05) is 59.5 Å². The number of carbonyl (C=O) groups is 4. The lowest BCUT2D eigenvalue weighted by Gasteiger charge is -2.14. The largest absolute Gasteiger partial charge is 0.454 e. The summed E-state index contributed by atoms with van der Waals surface area (Å²) in [6.45, 7) is 5.62. The van der Waals surface area contributed by atoms with Gasteiger partial charge in [0.15, 0.2) is 0 Å². The number of unbranched alkanes of at least 4 members (excludes halogenated alkanes) is 1. The number of nitrogens with two attached hydrogens (primary N) is 2. The third-order valence-corrected chi connectivity index (χ3v) is 20.2. The van der Waals surface area contributed by atoms with Crippen LogP contribution in [-0.2, 0) is 123 Å². The Morgan fingerprint density at radius 2 is 0.772 bits per heavy atom. The maximum atomic E-state index is 12.3. The molecule has 8 aliphatic rings. The number of rotatable bonds is 22. The molecule has 0 bridgehead atoms. The highest BCUT2D eigenvalue weighted by Gasteiger charge is 2.32. The van der Waals surface area contributed by atoms with Crippen LogP contribution in [0.2, 0.25) is 0 Å². The van der Waals surface area contributed by atoms with Crippen molar-refractivity contribution < 1.29 is 43.6 Å². The minimum Gasteiger partial charge on any atom is -0.454 e. The number of benzene rings is 4. The molecule has 0 saturated heterocycles. The van der Waals surface area contributed by atoms with Crippen molar-refractivity contribution in [2.24, 2.45) is 16.7 Å². The van der Waals surface area contributed by atoms with Crippen LogP contribution in [0.25, 0.3) is 0 Å². The number of carbonyl (C=O) groups excluding carboxylic acids is 4. The number of nitriles is 1. The topological polar surface area (TPSA) is 410 Å². The molecule has 114 heavy (non-hydrogen) atoms. The molecule has 0 unspecified atom stereocenters. The number of aromatic nitrogens is 8. The van der Waals surface area contributed by atoms with Gasteiger partial charge in [-0.2, -0.15) is 10.4 Å². The molecule has 0 spiro atoms. The number of nitrogens with one attached hydrogen (secondary N) is 6. The van der Waals surface area contributed by atoms with Gasteiger partial charge in [0.2, 0.25) is 23.8 Å². The predicted octanol–water partition coefficient (Wildman–Crippen LogP) is 11.3. The summed E-state index contributed by atoms with van der Waals surface area (Å²) in [6, 6.07) is 37.4. The second kappa shape index (κ2) is 45.0. The van der Waals surface area contributed by atoms with Crippen molar-refractivity contribution in [3.05, 3.63) is 211 Å². The molecule has 0 radical (unpaired) electrons. The molecule has 8 aromatic rings. The van der Waals surface area contributed by atoms with E-state index >= 15 is 0 Å². The molecule has 0 atom stereocenters. The number of halogens is 5. The highest BCUT2D eigenvalue weighted by atomic mass is 35.5. The van der Waals surface area contributed by atoms with E-state index in [0.29, 0.717) is 145 Å². The summed E-state index contributed by atoms with van der Waals surface area (Å²) in [6.07, 6.45) is 17.5. The molecule has 3 amide bonds. The zero-order valence-electron chi connectivity index (χ0n) is 62.3. The summed E-state index contributed by atoms with van der Waals surface area (Å²) in [4.78, 5) is 87.4. The Labute approximate surface area is 690 Å².